The molecule has 0 fully saturated rings. The van der Waals surface area contributed by atoms with Crippen LogP contribution in [0.2, 0.25) is 0 Å². The minimum absolute atomic E-state index is 0.110. The van der Waals surface area contributed by atoms with E-state index < -0.39 is 12.2 Å². The van der Waals surface area contributed by atoms with Crippen molar-refractivity contribution in [1.29, 1.82) is 0 Å². The standard InChI is InChI=1S/C18H30N2O4/c1-4-5-8-11-20(18(22)23)16-9-6-7-10-17(16)24-13-15(21)12-19-14(2)3/h6-7,9-10,14-15,19,21H,4-5,8,11-13H2,1-3H3,(H,22,23). The third-order valence-electron chi connectivity index (χ3n) is 3.57. The Balaban J connectivity index is 2.72. The molecule has 0 spiro atoms. The van der Waals surface area contributed by atoms with Gasteiger partial charge in [-0.2, -0.15) is 0 Å². The molecular formula is C18H30N2O4. The van der Waals surface area contributed by atoms with Crippen molar-refractivity contribution in [2.45, 2.75) is 52.2 Å². The van der Waals surface area contributed by atoms with Crippen LogP contribution >= 0.6 is 0 Å². The third-order valence-corrected chi connectivity index (χ3v) is 3.57. The second-order valence-corrected chi connectivity index (χ2v) is 6.14. The number of unbranched alkanes of at least 4 members (excludes halogenated alkanes) is 2. The van der Waals surface area contributed by atoms with Crippen molar-refractivity contribution in [3.63, 3.8) is 0 Å². The van der Waals surface area contributed by atoms with Crippen molar-refractivity contribution in [2.75, 3.05) is 24.6 Å². The first kappa shape index (κ1) is 20.3. The van der Waals surface area contributed by atoms with Gasteiger partial charge in [-0.1, -0.05) is 45.7 Å². The normalized spacial score (nSPS) is 12.2. The number of nitrogens with one attached hydrogen (secondary N) is 1. The number of benzene rings is 1. The van der Waals surface area contributed by atoms with E-state index in [1.807, 2.05) is 13.8 Å². The van der Waals surface area contributed by atoms with E-state index in [0.29, 0.717) is 24.5 Å². The van der Waals surface area contributed by atoms with Gasteiger partial charge in [0.05, 0.1) is 5.69 Å². The van der Waals surface area contributed by atoms with E-state index in [-0.39, 0.29) is 12.6 Å². The zero-order valence-electron chi connectivity index (χ0n) is 14.9. The molecule has 0 radical (unpaired) electrons. The highest BCUT2D eigenvalue weighted by atomic mass is 16.5. The Kier molecular flexibility index (Phi) is 9.19. The van der Waals surface area contributed by atoms with Crippen LogP contribution in [0, 0.1) is 0 Å². The summed E-state index contributed by atoms with van der Waals surface area (Å²) in [7, 11) is 0. The number of hydrogen-bond acceptors (Lipinski definition) is 4. The molecule has 0 saturated carbocycles. The Morgan fingerprint density at radius 3 is 2.62 bits per heavy atom. The molecule has 6 heteroatoms. The maximum Gasteiger partial charge on any atom is 0.411 e. The number of nitrogens with zero attached hydrogens (tertiary/aromatic N) is 1. The van der Waals surface area contributed by atoms with Gasteiger partial charge >= 0.3 is 6.09 Å². The van der Waals surface area contributed by atoms with Crippen molar-refractivity contribution in [1.82, 2.24) is 5.32 Å². The van der Waals surface area contributed by atoms with Gasteiger partial charge in [-0.05, 0) is 18.6 Å². The molecular weight excluding hydrogens is 308 g/mol. The second kappa shape index (κ2) is 10.9. The number of aliphatic hydroxyl groups is 1. The van der Waals surface area contributed by atoms with Crippen LogP contribution in [0.3, 0.4) is 0 Å². The summed E-state index contributed by atoms with van der Waals surface area (Å²) >= 11 is 0. The smallest absolute Gasteiger partial charge is 0.411 e. The van der Waals surface area contributed by atoms with Crippen molar-refractivity contribution < 1.29 is 19.7 Å². The SMILES string of the molecule is CCCCCN(C(=O)O)c1ccccc1OCC(O)CNC(C)C. The summed E-state index contributed by atoms with van der Waals surface area (Å²) in [4.78, 5) is 12.9. The van der Waals surface area contributed by atoms with E-state index >= 15 is 0 Å². The summed E-state index contributed by atoms with van der Waals surface area (Å²) in [6.07, 6.45) is 1.16. The van der Waals surface area contributed by atoms with Crippen LogP contribution in [0.5, 0.6) is 5.75 Å². The van der Waals surface area contributed by atoms with Gasteiger partial charge in [-0.15, -0.1) is 0 Å². The lowest BCUT2D eigenvalue weighted by Crippen LogP contribution is -2.35. The van der Waals surface area contributed by atoms with E-state index in [1.165, 1.54) is 4.90 Å². The summed E-state index contributed by atoms with van der Waals surface area (Å²) in [6.45, 7) is 7.06. The van der Waals surface area contributed by atoms with Gasteiger partial charge in [-0.25, -0.2) is 4.79 Å². The highest BCUT2D eigenvalue weighted by Gasteiger charge is 2.18. The van der Waals surface area contributed by atoms with Gasteiger partial charge in [0.2, 0.25) is 0 Å². The zero-order valence-corrected chi connectivity index (χ0v) is 14.9. The average molecular weight is 338 g/mol. The lowest BCUT2D eigenvalue weighted by atomic mass is 10.2. The van der Waals surface area contributed by atoms with E-state index in [2.05, 4.69) is 12.2 Å². The van der Waals surface area contributed by atoms with Crippen molar-refractivity contribution in [2.24, 2.45) is 0 Å². The molecule has 6 nitrogen and oxygen atoms in total. The van der Waals surface area contributed by atoms with Crippen molar-refractivity contribution in [3.05, 3.63) is 24.3 Å². The number of ether oxygens (including phenoxy) is 1. The Hall–Kier alpha value is -1.79. The molecule has 1 unspecified atom stereocenters. The number of anilines is 1. The van der Waals surface area contributed by atoms with Crippen LogP contribution in [-0.4, -0.2) is 48.1 Å². The van der Waals surface area contributed by atoms with Gasteiger partial charge in [0, 0.05) is 19.1 Å². The first-order valence-corrected chi connectivity index (χ1v) is 8.59. The maximum absolute atomic E-state index is 11.6. The topological polar surface area (TPSA) is 82.0 Å². The van der Waals surface area contributed by atoms with Crippen LogP contribution in [0.4, 0.5) is 10.5 Å². The average Bonchev–Trinajstić information content (AvgIpc) is 2.55. The van der Waals surface area contributed by atoms with Crippen LogP contribution in [0.1, 0.15) is 40.0 Å². The van der Waals surface area contributed by atoms with Crippen LogP contribution < -0.4 is 15.0 Å². The highest BCUT2D eigenvalue weighted by Crippen LogP contribution is 2.28. The monoisotopic (exact) mass is 338 g/mol. The summed E-state index contributed by atoms with van der Waals surface area (Å²) in [6, 6.07) is 7.33. The zero-order chi connectivity index (χ0) is 17.9. The molecule has 1 amide bonds. The molecule has 0 aliphatic carbocycles. The molecule has 0 saturated heterocycles. The van der Waals surface area contributed by atoms with E-state index in [4.69, 9.17) is 4.74 Å². The Bertz CT molecular complexity index is 494. The minimum atomic E-state index is -0.996. The Morgan fingerprint density at radius 2 is 2.00 bits per heavy atom. The molecule has 0 aliphatic rings. The predicted octanol–water partition coefficient (Wildman–Crippen LogP) is 3.10. The van der Waals surface area contributed by atoms with Gasteiger partial charge < -0.3 is 20.3 Å². The van der Waals surface area contributed by atoms with Crippen LogP contribution in [0.25, 0.3) is 0 Å². The molecule has 3 N–H and O–H groups in total. The largest absolute Gasteiger partial charge is 0.489 e. The van der Waals surface area contributed by atoms with Crippen molar-refractivity contribution in [3.8, 4) is 5.75 Å². The minimum Gasteiger partial charge on any atom is -0.489 e. The second-order valence-electron chi connectivity index (χ2n) is 6.14. The van der Waals surface area contributed by atoms with E-state index in [9.17, 15) is 15.0 Å². The molecule has 0 aliphatic heterocycles. The number of hydrogen-bond donors (Lipinski definition) is 3. The lowest BCUT2D eigenvalue weighted by molar-refractivity contribution is 0.105. The molecule has 24 heavy (non-hydrogen) atoms. The Morgan fingerprint density at radius 1 is 1.29 bits per heavy atom. The summed E-state index contributed by atoms with van der Waals surface area (Å²) in [5.74, 6) is 0.472. The van der Waals surface area contributed by atoms with Crippen molar-refractivity contribution >= 4 is 11.8 Å². The molecule has 0 aromatic heterocycles. The summed E-state index contributed by atoms with van der Waals surface area (Å²) in [5.41, 5.74) is 0.519. The molecule has 1 aromatic carbocycles. The summed E-state index contributed by atoms with van der Waals surface area (Å²) < 4.78 is 5.67. The van der Waals surface area contributed by atoms with Gasteiger partial charge in [-0.3, -0.25) is 4.90 Å². The molecule has 1 atom stereocenters. The van der Waals surface area contributed by atoms with Gasteiger partial charge in [0.1, 0.15) is 18.5 Å². The Labute approximate surface area is 144 Å². The number of para-hydroxylation sites is 2. The fourth-order valence-electron chi connectivity index (χ4n) is 2.26. The van der Waals surface area contributed by atoms with Gasteiger partial charge in [0.25, 0.3) is 0 Å². The lowest BCUT2D eigenvalue weighted by Gasteiger charge is -2.23. The number of aliphatic hydroxyl groups excluding tert-OH is 1. The van der Waals surface area contributed by atoms with E-state index in [0.717, 1.165) is 19.3 Å². The first-order chi connectivity index (χ1) is 11.5. The maximum atomic E-state index is 11.6. The highest BCUT2D eigenvalue weighted by molar-refractivity contribution is 5.88. The molecule has 1 rings (SSSR count). The fourth-order valence-corrected chi connectivity index (χ4v) is 2.26. The number of amides is 1. The third kappa shape index (κ3) is 7.19. The van der Waals surface area contributed by atoms with Gasteiger partial charge in [0.15, 0.2) is 0 Å². The molecule has 0 heterocycles. The predicted molar refractivity (Wildman–Crippen MR) is 96.0 cm³/mol. The number of carbonyl (C=O) groups is 1. The summed E-state index contributed by atoms with van der Waals surface area (Å²) in [5, 5.41) is 22.6. The van der Waals surface area contributed by atoms with Crippen LogP contribution in [0.15, 0.2) is 24.3 Å². The molecule has 1 aromatic rings. The quantitative estimate of drug-likeness (QED) is 0.540. The fraction of sp³-hybridized carbons (Fsp3) is 0.611. The van der Waals surface area contributed by atoms with Crippen LogP contribution in [-0.2, 0) is 0 Å². The first-order valence-electron chi connectivity index (χ1n) is 8.59. The number of carboxylic acid groups (broad SMARTS) is 1. The molecule has 136 valence electrons. The van der Waals surface area contributed by atoms with E-state index in [1.54, 1.807) is 24.3 Å². The number of rotatable bonds is 11. The molecule has 0 bridgehead atoms.